The van der Waals surface area contributed by atoms with Crippen LogP contribution in [0.25, 0.3) is 12.2 Å². The zero-order chi connectivity index (χ0) is 19.4. The predicted octanol–water partition coefficient (Wildman–Crippen LogP) is 7.63. The van der Waals surface area contributed by atoms with Crippen molar-refractivity contribution < 1.29 is 0 Å². The van der Waals surface area contributed by atoms with Gasteiger partial charge in [0.2, 0.25) is 0 Å². The van der Waals surface area contributed by atoms with Gasteiger partial charge in [0, 0.05) is 0 Å². The molecule has 1 aromatic rings. The summed E-state index contributed by atoms with van der Waals surface area (Å²) in [6.07, 6.45) is 21.7. The van der Waals surface area contributed by atoms with Crippen molar-refractivity contribution in [1.82, 2.24) is 0 Å². The highest BCUT2D eigenvalue weighted by molar-refractivity contribution is 5.72. The average Bonchev–Trinajstić information content (AvgIpc) is 3.43. The minimum Gasteiger partial charge on any atom is -0.0984 e. The molecule has 0 nitrogen and oxygen atoms in total. The van der Waals surface area contributed by atoms with Crippen molar-refractivity contribution in [3.05, 3.63) is 82.0 Å². The molecule has 1 unspecified atom stereocenters. The van der Waals surface area contributed by atoms with Gasteiger partial charge in [0.05, 0.1) is 0 Å². The Balaban J connectivity index is 1.95. The smallest absolute Gasteiger partial charge is 0.00840 e. The van der Waals surface area contributed by atoms with Crippen LogP contribution in [-0.4, -0.2) is 0 Å². The Hall–Kier alpha value is -2.08. The molecule has 0 bridgehead atoms. The SMILES string of the molecule is C=Cc1cc2c(c(C)c1/C=C(\CC)C1CC1)CC(C(/C=C\C=C\C)=C/C)C2. The van der Waals surface area contributed by atoms with Crippen molar-refractivity contribution >= 4 is 12.2 Å². The second-order valence-corrected chi connectivity index (χ2v) is 7.97. The summed E-state index contributed by atoms with van der Waals surface area (Å²) in [4.78, 5) is 0. The quantitative estimate of drug-likeness (QED) is 0.439. The molecule has 1 saturated carbocycles. The van der Waals surface area contributed by atoms with E-state index in [0.717, 1.165) is 18.8 Å². The van der Waals surface area contributed by atoms with E-state index in [0.29, 0.717) is 5.92 Å². The summed E-state index contributed by atoms with van der Waals surface area (Å²) in [6, 6.07) is 2.41. The number of allylic oxidation sites excluding steroid dienone is 7. The lowest BCUT2D eigenvalue weighted by Gasteiger charge is -2.14. The van der Waals surface area contributed by atoms with E-state index in [4.69, 9.17) is 0 Å². The minimum absolute atomic E-state index is 0.594. The van der Waals surface area contributed by atoms with Crippen LogP contribution in [0.2, 0.25) is 0 Å². The van der Waals surface area contributed by atoms with Gasteiger partial charge in [0.1, 0.15) is 0 Å². The number of benzene rings is 1. The molecule has 0 heterocycles. The van der Waals surface area contributed by atoms with Gasteiger partial charge in [-0.15, -0.1) is 0 Å². The zero-order valence-corrected chi connectivity index (χ0v) is 17.5. The topological polar surface area (TPSA) is 0 Å². The van der Waals surface area contributed by atoms with Gasteiger partial charge in [0.25, 0.3) is 0 Å². The average molecular weight is 359 g/mol. The van der Waals surface area contributed by atoms with Crippen molar-refractivity contribution in [1.29, 1.82) is 0 Å². The van der Waals surface area contributed by atoms with E-state index in [2.05, 4.69) is 82.9 Å². The molecule has 0 N–H and O–H groups in total. The fourth-order valence-electron chi connectivity index (χ4n) is 4.51. The summed E-state index contributed by atoms with van der Waals surface area (Å²) < 4.78 is 0. The number of fused-ring (bicyclic) bond motifs is 1. The van der Waals surface area contributed by atoms with Gasteiger partial charge in [-0.1, -0.05) is 67.7 Å². The van der Waals surface area contributed by atoms with Crippen molar-refractivity contribution in [3.8, 4) is 0 Å². The lowest BCUT2D eigenvalue weighted by atomic mass is 9.91. The van der Waals surface area contributed by atoms with Crippen LogP contribution in [0.15, 0.2) is 54.2 Å². The number of rotatable bonds is 7. The maximum Gasteiger partial charge on any atom is -0.00840 e. The fraction of sp³-hybridized carbons (Fsp3) is 0.407. The molecule has 0 aromatic heterocycles. The summed E-state index contributed by atoms with van der Waals surface area (Å²) in [5.74, 6) is 1.43. The largest absolute Gasteiger partial charge is 0.0984 e. The molecular weight excluding hydrogens is 324 g/mol. The lowest BCUT2D eigenvalue weighted by Crippen LogP contribution is -2.02. The Bertz CT molecular complexity index is 822. The molecule has 1 aromatic carbocycles. The standard InChI is InChI=1S/C27H34/c1-6-10-11-12-20(7-2)24-16-25-15-22(9-4)26(19(5)27(25)18-24)17-21(8-3)23-13-14-23/h6-7,9-12,15,17,23-24H,4,8,13-14,16,18H2,1-3,5H3/b10-6+,12-11-,20-7+,21-17+. The van der Waals surface area contributed by atoms with Crippen LogP contribution in [0.5, 0.6) is 0 Å². The van der Waals surface area contributed by atoms with Crippen molar-refractivity contribution in [2.75, 3.05) is 0 Å². The van der Waals surface area contributed by atoms with Gasteiger partial charge < -0.3 is 0 Å². The molecule has 27 heavy (non-hydrogen) atoms. The van der Waals surface area contributed by atoms with Crippen LogP contribution >= 0.6 is 0 Å². The van der Waals surface area contributed by atoms with Crippen molar-refractivity contribution in [2.24, 2.45) is 11.8 Å². The third-order valence-electron chi connectivity index (χ3n) is 6.26. The van der Waals surface area contributed by atoms with E-state index in [1.165, 1.54) is 47.1 Å². The lowest BCUT2D eigenvalue weighted by molar-refractivity contribution is 0.672. The predicted molar refractivity (Wildman–Crippen MR) is 121 cm³/mol. The third-order valence-corrected chi connectivity index (χ3v) is 6.26. The molecule has 1 fully saturated rings. The van der Waals surface area contributed by atoms with E-state index >= 15 is 0 Å². The summed E-state index contributed by atoms with van der Waals surface area (Å²) in [6.45, 7) is 13.0. The molecule has 0 heteroatoms. The maximum atomic E-state index is 4.11. The fourth-order valence-corrected chi connectivity index (χ4v) is 4.51. The Morgan fingerprint density at radius 3 is 2.52 bits per heavy atom. The Morgan fingerprint density at radius 2 is 1.93 bits per heavy atom. The zero-order valence-electron chi connectivity index (χ0n) is 17.5. The third kappa shape index (κ3) is 4.26. The highest BCUT2D eigenvalue weighted by atomic mass is 14.3. The van der Waals surface area contributed by atoms with E-state index in [-0.39, 0.29) is 0 Å². The van der Waals surface area contributed by atoms with Gasteiger partial charge >= 0.3 is 0 Å². The molecule has 0 radical (unpaired) electrons. The summed E-state index contributed by atoms with van der Waals surface area (Å²) in [7, 11) is 0. The summed E-state index contributed by atoms with van der Waals surface area (Å²) in [5.41, 5.74) is 10.4. The summed E-state index contributed by atoms with van der Waals surface area (Å²) >= 11 is 0. The van der Waals surface area contributed by atoms with Gasteiger partial charge in [0.15, 0.2) is 0 Å². The molecule has 2 aliphatic rings. The van der Waals surface area contributed by atoms with Gasteiger partial charge in [-0.25, -0.2) is 0 Å². The molecule has 2 aliphatic carbocycles. The Morgan fingerprint density at radius 1 is 1.15 bits per heavy atom. The Labute approximate surface area is 166 Å². The van der Waals surface area contributed by atoms with Crippen LogP contribution in [0, 0.1) is 18.8 Å². The van der Waals surface area contributed by atoms with Gasteiger partial charge in [-0.2, -0.15) is 0 Å². The number of hydrogen-bond donors (Lipinski definition) is 0. The monoisotopic (exact) mass is 358 g/mol. The van der Waals surface area contributed by atoms with Crippen LogP contribution < -0.4 is 0 Å². The number of hydrogen-bond acceptors (Lipinski definition) is 0. The van der Waals surface area contributed by atoms with Crippen molar-refractivity contribution in [2.45, 2.75) is 59.8 Å². The highest BCUT2D eigenvalue weighted by Crippen LogP contribution is 2.41. The first-order valence-corrected chi connectivity index (χ1v) is 10.6. The molecule has 0 saturated heterocycles. The van der Waals surface area contributed by atoms with E-state index in [1.807, 2.05) is 0 Å². The highest BCUT2D eigenvalue weighted by Gasteiger charge is 2.28. The van der Waals surface area contributed by atoms with Crippen LogP contribution in [0.4, 0.5) is 0 Å². The van der Waals surface area contributed by atoms with Gasteiger partial charge in [-0.3, -0.25) is 0 Å². The van der Waals surface area contributed by atoms with Crippen LogP contribution in [0.1, 0.15) is 67.9 Å². The van der Waals surface area contributed by atoms with Crippen molar-refractivity contribution in [3.63, 3.8) is 0 Å². The van der Waals surface area contributed by atoms with E-state index < -0.39 is 0 Å². The van der Waals surface area contributed by atoms with Crippen LogP contribution in [-0.2, 0) is 12.8 Å². The minimum atomic E-state index is 0.594. The van der Waals surface area contributed by atoms with E-state index in [9.17, 15) is 0 Å². The first-order chi connectivity index (χ1) is 13.1. The maximum absolute atomic E-state index is 4.11. The molecule has 0 spiro atoms. The molecule has 1 atom stereocenters. The molecule has 142 valence electrons. The first-order valence-electron chi connectivity index (χ1n) is 10.6. The second kappa shape index (κ2) is 8.74. The second-order valence-electron chi connectivity index (χ2n) is 7.97. The molecular formula is C27H34. The first kappa shape index (κ1) is 19.7. The normalized spacial score (nSPS) is 20.7. The van der Waals surface area contributed by atoms with Gasteiger partial charge in [-0.05, 0) is 98.1 Å². The Kier molecular flexibility index (Phi) is 6.37. The molecule has 3 rings (SSSR count). The molecule has 0 aliphatic heterocycles. The van der Waals surface area contributed by atoms with E-state index in [1.54, 1.807) is 11.1 Å². The molecule has 0 amide bonds. The van der Waals surface area contributed by atoms with Crippen LogP contribution in [0.3, 0.4) is 0 Å². The summed E-state index contributed by atoms with van der Waals surface area (Å²) in [5, 5.41) is 0.